The lowest BCUT2D eigenvalue weighted by molar-refractivity contribution is 0.620. The summed E-state index contributed by atoms with van der Waals surface area (Å²) in [7, 11) is 1.91. The van der Waals surface area contributed by atoms with Crippen LogP contribution >= 0.6 is 34.8 Å². The number of aromatic nitrogens is 1. The maximum absolute atomic E-state index is 8.88. The van der Waals surface area contributed by atoms with Crippen LogP contribution in [-0.2, 0) is 0 Å². The number of halogens is 3. The molecule has 1 aromatic rings. The summed E-state index contributed by atoms with van der Waals surface area (Å²) in [6.07, 6.45) is 9.03. The molecule has 0 fully saturated rings. The lowest BCUT2D eigenvalue weighted by Gasteiger charge is -2.10. The van der Waals surface area contributed by atoms with Crippen molar-refractivity contribution in [1.29, 1.82) is 5.26 Å². The second-order valence-corrected chi connectivity index (χ2v) is 5.10. The van der Waals surface area contributed by atoms with Gasteiger partial charge in [0.15, 0.2) is 11.0 Å². The summed E-state index contributed by atoms with van der Waals surface area (Å²) in [5.41, 5.74) is 0.876. The first-order chi connectivity index (χ1) is 10.0. The summed E-state index contributed by atoms with van der Waals surface area (Å²) in [6, 6.07) is 1.83. The Hall–Kier alpha value is -1.87. The third-order valence-corrected chi connectivity index (χ3v) is 3.60. The second-order valence-electron chi connectivity index (χ2n) is 3.98. The topological polar surface area (TPSA) is 64.6 Å². The van der Waals surface area contributed by atoms with E-state index in [9.17, 15) is 0 Å². The highest BCUT2D eigenvalue weighted by Crippen LogP contribution is 2.36. The molecule has 2 heterocycles. The Morgan fingerprint density at radius 2 is 1.90 bits per heavy atom. The zero-order chi connectivity index (χ0) is 15.4. The fraction of sp³-hybridized carbons (Fsp3) is 0.0769. The first-order valence-corrected chi connectivity index (χ1v) is 6.80. The minimum Gasteiger partial charge on any atom is -0.357 e. The lowest BCUT2D eigenvalue weighted by atomic mass is 10.2. The van der Waals surface area contributed by atoms with E-state index in [4.69, 9.17) is 40.1 Å². The number of nitrogens with zero attached hydrogens (tertiary/aromatic N) is 5. The Bertz CT molecular complexity index is 712. The fourth-order valence-electron chi connectivity index (χ4n) is 1.41. The Labute approximate surface area is 136 Å². The molecule has 0 unspecified atom stereocenters. The van der Waals surface area contributed by atoms with E-state index < -0.39 is 0 Å². The minimum absolute atomic E-state index is 0.0138. The number of rotatable bonds is 2. The fourth-order valence-corrected chi connectivity index (χ4v) is 2.06. The largest absolute Gasteiger partial charge is 0.357 e. The monoisotopic (exact) mass is 339 g/mol. The van der Waals surface area contributed by atoms with Crippen LogP contribution in [0.25, 0.3) is 0 Å². The standard InChI is InChI=1S/C13H8Cl3N5/c1-21-4-2-8(3-5-21)7-18-20-13-11(15)10(14)9(6-17)12(16)19-13/h2-5,7H,1H3. The zero-order valence-electron chi connectivity index (χ0n) is 10.8. The molecule has 0 radical (unpaired) electrons. The smallest absolute Gasteiger partial charge is 0.196 e. The molecule has 0 N–H and O–H groups in total. The Morgan fingerprint density at radius 1 is 1.24 bits per heavy atom. The number of nitriles is 1. The minimum atomic E-state index is -0.0624. The SMILES string of the molecule is CN1C=CC(=CN=Nc2nc(Cl)c(C#N)c(Cl)c2Cl)C=C1. The van der Waals surface area contributed by atoms with Gasteiger partial charge in [-0.05, 0) is 17.7 Å². The van der Waals surface area contributed by atoms with E-state index in [1.807, 2.05) is 42.6 Å². The highest BCUT2D eigenvalue weighted by Gasteiger charge is 2.15. The second kappa shape index (κ2) is 6.72. The molecule has 0 bridgehead atoms. The van der Waals surface area contributed by atoms with Gasteiger partial charge in [-0.2, -0.15) is 10.4 Å². The number of allylic oxidation sites excluding steroid dienone is 3. The molecule has 0 aromatic carbocycles. The van der Waals surface area contributed by atoms with Gasteiger partial charge in [0.2, 0.25) is 0 Å². The lowest BCUT2D eigenvalue weighted by Crippen LogP contribution is -2.02. The van der Waals surface area contributed by atoms with E-state index in [1.54, 1.807) is 0 Å². The van der Waals surface area contributed by atoms with Gasteiger partial charge in [-0.3, -0.25) is 0 Å². The van der Waals surface area contributed by atoms with E-state index in [-0.39, 0.29) is 26.6 Å². The quantitative estimate of drug-likeness (QED) is 0.571. The molecular formula is C13H8Cl3N5. The molecule has 21 heavy (non-hydrogen) atoms. The van der Waals surface area contributed by atoms with E-state index in [0.717, 1.165) is 5.57 Å². The molecule has 0 spiro atoms. The van der Waals surface area contributed by atoms with Crippen molar-refractivity contribution in [3.63, 3.8) is 0 Å². The van der Waals surface area contributed by atoms with Crippen LogP contribution < -0.4 is 0 Å². The Kier molecular flexibility index (Phi) is 4.97. The molecular weight excluding hydrogens is 333 g/mol. The summed E-state index contributed by atoms with van der Waals surface area (Å²) >= 11 is 17.7. The highest BCUT2D eigenvalue weighted by atomic mass is 35.5. The Morgan fingerprint density at radius 3 is 2.52 bits per heavy atom. The molecule has 8 heteroatoms. The summed E-state index contributed by atoms with van der Waals surface area (Å²) in [6.45, 7) is 0. The van der Waals surface area contributed by atoms with Crippen LogP contribution in [0.5, 0.6) is 0 Å². The number of hydrogen-bond donors (Lipinski definition) is 0. The predicted molar refractivity (Wildman–Crippen MR) is 82.6 cm³/mol. The normalized spacial score (nSPS) is 13.9. The van der Waals surface area contributed by atoms with Gasteiger partial charge < -0.3 is 4.90 Å². The van der Waals surface area contributed by atoms with Gasteiger partial charge in [0.05, 0.1) is 11.2 Å². The van der Waals surface area contributed by atoms with Gasteiger partial charge in [0, 0.05) is 19.4 Å². The first-order valence-electron chi connectivity index (χ1n) is 5.67. The molecule has 1 aliphatic rings. The van der Waals surface area contributed by atoms with Crippen LogP contribution in [0, 0.1) is 11.3 Å². The van der Waals surface area contributed by atoms with Crippen LogP contribution in [0.15, 0.2) is 46.6 Å². The third-order valence-electron chi connectivity index (χ3n) is 2.49. The number of hydrogen-bond acceptors (Lipinski definition) is 5. The number of azo groups is 1. The van der Waals surface area contributed by atoms with Gasteiger partial charge in [-0.1, -0.05) is 34.8 Å². The van der Waals surface area contributed by atoms with Gasteiger partial charge in [0.1, 0.15) is 16.7 Å². The summed E-state index contributed by atoms with van der Waals surface area (Å²) in [5.74, 6) is 0.0587. The van der Waals surface area contributed by atoms with Crippen LogP contribution in [0.4, 0.5) is 5.82 Å². The van der Waals surface area contributed by atoms with Crippen molar-refractivity contribution in [2.24, 2.45) is 10.2 Å². The van der Waals surface area contributed by atoms with Crippen molar-refractivity contribution in [2.45, 2.75) is 0 Å². The summed E-state index contributed by atoms with van der Waals surface area (Å²) < 4.78 is 0. The van der Waals surface area contributed by atoms with Crippen LogP contribution in [0.2, 0.25) is 15.2 Å². The van der Waals surface area contributed by atoms with Crippen LogP contribution in [0.3, 0.4) is 0 Å². The predicted octanol–water partition coefficient (Wildman–Crippen LogP) is 4.85. The Balaban J connectivity index is 2.27. The van der Waals surface area contributed by atoms with E-state index in [2.05, 4.69) is 15.2 Å². The maximum atomic E-state index is 8.88. The molecule has 5 nitrogen and oxygen atoms in total. The van der Waals surface area contributed by atoms with Crippen molar-refractivity contribution in [3.05, 3.63) is 57.1 Å². The van der Waals surface area contributed by atoms with Crippen molar-refractivity contribution in [1.82, 2.24) is 9.88 Å². The van der Waals surface area contributed by atoms with E-state index in [0.29, 0.717) is 0 Å². The van der Waals surface area contributed by atoms with Gasteiger partial charge in [-0.25, -0.2) is 4.98 Å². The summed E-state index contributed by atoms with van der Waals surface area (Å²) in [4.78, 5) is 5.79. The average Bonchev–Trinajstić information content (AvgIpc) is 2.47. The average molecular weight is 341 g/mol. The van der Waals surface area contributed by atoms with Gasteiger partial charge in [0.25, 0.3) is 0 Å². The highest BCUT2D eigenvalue weighted by molar-refractivity contribution is 6.45. The molecule has 0 aliphatic carbocycles. The molecule has 0 amide bonds. The third kappa shape index (κ3) is 3.61. The van der Waals surface area contributed by atoms with Crippen molar-refractivity contribution < 1.29 is 0 Å². The molecule has 2 rings (SSSR count). The van der Waals surface area contributed by atoms with Crippen LogP contribution in [0.1, 0.15) is 5.56 Å². The molecule has 0 saturated carbocycles. The molecule has 1 aromatic heterocycles. The van der Waals surface area contributed by atoms with Crippen molar-refractivity contribution >= 4 is 40.6 Å². The van der Waals surface area contributed by atoms with E-state index >= 15 is 0 Å². The van der Waals surface area contributed by atoms with Gasteiger partial charge >= 0.3 is 0 Å². The van der Waals surface area contributed by atoms with Gasteiger partial charge in [-0.15, -0.1) is 5.11 Å². The maximum Gasteiger partial charge on any atom is 0.196 e. The van der Waals surface area contributed by atoms with Crippen molar-refractivity contribution in [3.8, 4) is 6.07 Å². The molecule has 0 atom stereocenters. The first kappa shape index (κ1) is 15.5. The van der Waals surface area contributed by atoms with Crippen LogP contribution in [-0.4, -0.2) is 16.9 Å². The molecule has 0 saturated heterocycles. The molecule has 1 aliphatic heterocycles. The molecule has 106 valence electrons. The van der Waals surface area contributed by atoms with Crippen molar-refractivity contribution in [2.75, 3.05) is 7.05 Å². The summed E-state index contributed by atoms with van der Waals surface area (Å²) in [5, 5.41) is 16.6. The zero-order valence-corrected chi connectivity index (χ0v) is 13.0. The van der Waals surface area contributed by atoms with E-state index in [1.165, 1.54) is 6.20 Å². The number of pyridine rings is 1.